The summed E-state index contributed by atoms with van der Waals surface area (Å²) < 4.78 is 2.09. The van der Waals surface area contributed by atoms with E-state index in [1.165, 1.54) is 5.56 Å². The Kier molecular flexibility index (Phi) is 4.27. The van der Waals surface area contributed by atoms with Gasteiger partial charge in [0.1, 0.15) is 0 Å². The van der Waals surface area contributed by atoms with Crippen LogP contribution < -0.4 is 5.32 Å². The van der Waals surface area contributed by atoms with Gasteiger partial charge in [-0.05, 0) is 31.5 Å². The monoisotopic (exact) mass is 230 g/mol. The molecule has 17 heavy (non-hydrogen) atoms. The van der Waals surface area contributed by atoms with Gasteiger partial charge in [-0.1, -0.05) is 6.07 Å². The molecular weight excluding hydrogens is 212 g/mol. The van der Waals surface area contributed by atoms with E-state index in [-0.39, 0.29) is 0 Å². The van der Waals surface area contributed by atoms with Crippen molar-refractivity contribution in [3.63, 3.8) is 0 Å². The molecule has 0 spiro atoms. The van der Waals surface area contributed by atoms with Gasteiger partial charge in [0.25, 0.3) is 0 Å². The van der Waals surface area contributed by atoms with Crippen LogP contribution in [0.5, 0.6) is 0 Å². The lowest BCUT2D eigenvalue weighted by Gasteiger charge is -2.13. The van der Waals surface area contributed by atoms with Gasteiger partial charge in [-0.15, -0.1) is 0 Å². The highest BCUT2D eigenvalue weighted by molar-refractivity contribution is 5.12. The molecule has 90 valence electrons. The van der Waals surface area contributed by atoms with Gasteiger partial charge in [0.15, 0.2) is 0 Å². The minimum atomic E-state index is 0.353. The zero-order valence-corrected chi connectivity index (χ0v) is 10.1. The van der Waals surface area contributed by atoms with Crippen molar-refractivity contribution in [1.82, 2.24) is 19.9 Å². The van der Waals surface area contributed by atoms with Crippen LogP contribution in [0.25, 0.3) is 0 Å². The summed E-state index contributed by atoms with van der Waals surface area (Å²) in [5, 5.41) is 3.49. The number of imidazole rings is 1. The molecule has 0 aliphatic rings. The van der Waals surface area contributed by atoms with Crippen LogP contribution in [0.1, 0.15) is 24.9 Å². The van der Waals surface area contributed by atoms with Crippen LogP contribution in [0.4, 0.5) is 0 Å². The quantitative estimate of drug-likeness (QED) is 0.772. The van der Waals surface area contributed by atoms with Gasteiger partial charge < -0.3 is 9.88 Å². The highest BCUT2D eigenvalue weighted by Crippen LogP contribution is 2.09. The van der Waals surface area contributed by atoms with E-state index in [0.29, 0.717) is 6.04 Å². The molecule has 2 aromatic heterocycles. The Morgan fingerprint density at radius 3 is 3.00 bits per heavy atom. The summed E-state index contributed by atoms with van der Waals surface area (Å²) in [6.45, 7) is 4.16. The Hall–Kier alpha value is -1.68. The van der Waals surface area contributed by atoms with Crippen molar-refractivity contribution in [2.75, 3.05) is 6.54 Å². The molecule has 4 nitrogen and oxygen atoms in total. The topological polar surface area (TPSA) is 42.7 Å². The predicted molar refractivity (Wildman–Crippen MR) is 67.5 cm³/mol. The van der Waals surface area contributed by atoms with E-state index >= 15 is 0 Å². The maximum absolute atomic E-state index is 4.12. The predicted octanol–water partition coefficient (Wildman–Crippen LogP) is 2.02. The molecule has 0 radical (unpaired) electrons. The van der Waals surface area contributed by atoms with Crippen LogP contribution in [0.3, 0.4) is 0 Å². The third-order valence-corrected chi connectivity index (χ3v) is 2.79. The van der Waals surface area contributed by atoms with Crippen molar-refractivity contribution in [3.8, 4) is 0 Å². The fraction of sp³-hybridized carbons (Fsp3) is 0.385. The van der Waals surface area contributed by atoms with E-state index in [2.05, 4.69) is 32.8 Å². The molecule has 1 atom stereocenters. The van der Waals surface area contributed by atoms with Gasteiger partial charge in [0.2, 0.25) is 0 Å². The Labute approximate surface area is 102 Å². The summed E-state index contributed by atoms with van der Waals surface area (Å²) in [5.41, 5.74) is 1.23. The maximum atomic E-state index is 4.12. The van der Waals surface area contributed by atoms with E-state index in [4.69, 9.17) is 0 Å². The molecule has 0 bridgehead atoms. The molecule has 0 aromatic carbocycles. The molecule has 0 saturated heterocycles. The zero-order chi connectivity index (χ0) is 11.9. The molecule has 0 fully saturated rings. The van der Waals surface area contributed by atoms with Crippen molar-refractivity contribution < 1.29 is 0 Å². The lowest BCUT2D eigenvalue weighted by Crippen LogP contribution is -2.20. The molecule has 0 unspecified atom stereocenters. The molecule has 4 heteroatoms. The molecule has 2 heterocycles. The third kappa shape index (κ3) is 3.67. The summed E-state index contributed by atoms with van der Waals surface area (Å²) in [6, 6.07) is 4.42. The number of nitrogens with zero attached hydrogens (tertiary/aromatic N) is 3. The lowest BCUT2D eigenvalue weighted by molar-refractivity contribution is 0.526. The highest BCUT2D eigenvalue weighted by atomic mass is 15.0. The summed E-state index contributed by atoms with van der Waals surface area (Å²) in [6.07, 6.45) is 10.5. The number of pyridine rings is 1. The van der Waals surface area contributed by atoms with Crippen LogP contribution in [-0.4, -0.2) is 21.1 Å². The highest BCUT2D eigenvalue weighted by Gasteiger charge is 2.03. The Morgan fingerprint density at radius 2 is 2.29 bits per heavy atom. The van der Waals surface area contributed by atoms with Crippen molar-refractivity contribution >= 4 is 0 Å². The minimum absolute atomic E-state index is 0.353. The smallest absolute Gasteiger partial charge is 0.0945 e. The van der Waals surface area contributed by atoms with E-state index in [9.17, 15) is 0 Å². The number of aryl methyl sites for hydroxylation is 1. The van der Waals surface area contributed by atoms with Crippen molar-refractivity contribution in [2.24, 2.45) is 0 Å². The molecule has 2 aromatic rings. The number of rotatable bonds is 6. The second-order valence-corrected chi connectivity index (χ2v) is 4.12. The number of hydrogen-bond donors (Lipinski definition) is 1. The first-order valence-electron chi connectivity index (χ1n) is 5.95. The fourth-order valence-electron chi connectivity index (χ4n) is 1.75. The van der Waals surface area contributed by atoms with E-state index < -0.39 is 0 Å². The number of nitrogens with one attached hydrogen (secondary N) is 1. The number of hydrogen-bond acceptors (Lipinski definition) is 3. The van der Waals surface area contributed by atoms with Crippen molar-refractivity contribution in [1.29, 1.82) is 0 Å². The first kappa shape index (κ1) is 11.8. The molecule has 2 rings (SSSR count). The van der Waals surface area contributed by atoms with Crippen LogP contribution in [0, 0.1) is 0 Å². The van der Waals surface area contributed by atoms with Crippen LogP contribution in [-0.2, 0) is 6.54 Å². The Morgan fingerprint density at radius 1 is 1.35 bits per heavy atom. The van der Waals surface area contributed by atoms with Gasteiger partial charge in [-0.2, -0.15) is 0 Å². The Balaban J connectivity index is 1.68. The minimum Gasteiger partial charge on any atom is -0.337 e. The van der Waals surface area contributed by atoms with Crippen LogP contribution >= 0.6 is 0 Å². The Bertz CT molecular complexity index is 410. The lowest BCUT2D eigenvalue weighted by atomic mass is 10.1. The molecule has 0 saturated carbocycles. The van der Waals surface area contributed by atoms with E-state index in [0.717, 1.165) is 19.5 Å². The molecular formula is C13H18N4. The standard InChI is InChI=1S/C13H18N4/c1-12(13-4-2-5-14-10-13)16-6-3-8-17-9-7-15-11-17/h2,4-5,7,9-12,16H,3,6,8H2,1H3/t12-/m1/s1. The number of aromatic nitrogens is 3. The van der Waals surface area contributed by atoms with Gasteiger partial charge in [-0.3, -0.25) is 4.98 Å². The van der Waals surface area contributed by atoms with E-state index in [1.807, 2.05) is 31.0 Å². The zero-order valence-electron chi connectivity index (χ0n) is 10.1. The summed E-state index contributed by atoms with van der Waals surface area (Å²) in [7, 11) is 0. The van der Waals surface area contributed by atoms with Gasteiger partial charge in [0, 0.05) is 37.4 Å². The summed E-state index contributed by atoms with van der Waals surface area (Å²) in [5.74, 6) is 0. The van der Waals surface area contributed by atoms with Crippen molar-refractivity contribution in [3.05, 3.63) is 48.8 Å². The van der Waals surface area contributed by atoms with Gasteiger partial charge in [-0.25, -0.2) is 4.98 Å². The second-order valence-electron chi connectivity index (χ2n) is 4.12. The fourth-order valence-corrected chi connectivity index (χ4v) is 1.75. The molecule has 0 amide bonds. The normalized spacial score (nSPS) is 12.5. The first-order valence-corrected chi connectivity index (χ1v) is 5.95. The molecule has 0 aliphatic heterocycles. The average molecular weight is 230 g/mol. The summed E-state index contributed by atoms with van der Waals surface area (Å²) >= 11 is 0. The van der Waals surface area contributed by atoms with Crippen LogP contribution in [0.15, 0.2) is 43.2 Å². The van der Waals surface area contributed by atoms with Crippen LogP contribution in [0.2, 0.25) is 0 Å². The molecule has 0 aliphatic carbocycles. The first-order chi connectivity index (χ1) is 8.36. The van der Waals surface area contributed by atoms with E-state index in [1.54, 1.807) is 6.20 Å². The van der Waals surface area contributed by atoms with Gasteiger partial charge >= 0.3 is 0 Å². The third-order valence-electron chi connectivity index (χ3n) is 2.79. The maximum Gasteiger partial charge on any atom is 0.0945 e. The molecule has 1 N–H and O–H groups in total. The summed E-state index contributed by atoms with van der Waals surface area (Å²) in [4.78, 5) is 8.14. The largest absolute Gasteiger partial charge is 0.337 e. The van der Waals surface area contributed by atoms with Crippen molar-refractivity contribution in [2.45, 2.75) is 25.9 Å². The average Bonchev–Trinajstić information content (AvgIpc) is 2.88. The van der Waals surface area contributed by atoms with Gasteiger partial charge in [0.05, 0.1) is 6.33 Å². The second kappa shape index (κ2) is 6.15. The SMILES string of the molecule is C[C@@H](NCCCn1ccnc1)c1cccnc1.